The molecule has 5 nitrogen and oxygen atoms in total. The molecule has 0 spiro atoms. The molecule has 0 saturated carbocycles. The highest BCUT2D eigenvalue weighted by atomic mass is 16.5. The fourth-order valence-electron chi connectivity index (χ4n) is 4.57. The topological polar surface area (TPSA) is 50.8 Å². The average Bonchev–Trinajstić information content (AvgIpc) is 3.31. The number of hydrogen-bond donors (Lipinski definition) is 1. The van der Waals surface area contributed by atoms with Crippen LogP contribution in [0.4, 0.5) is 0 Å². The van der Waals surface area contributed by atoms with Gasteiger partial charge in [-0.05, 0) is 54.3 Å². The first-order valence-corrected chi connectivity index (χ1v) is 10.8. The summed E-state index contributed by atoms with van der Waals surface area (Å²) in [5.74, 6) is 1.68. The van der Waals surface area contributed by atoms with E-state index < -0.39 is 0 Å². The van der Waals surface area contributed by atoms with Crippen LogP contribution in [0, 0.1) is 0 Å². The van der Waals surface area contributed by atoms with Gasteiger partial charge in [0, 0.05) is 18.2 Å². The van der Waals surface area contributed by atoms with Gasteiger partial charge in [0.25, 0.3) is 0 Å². The maximum atomic E-state index is 13.2. The summed E-state index contributed by atoms with van der Waals surface area (Å²) in [5, 5.41) is 5.88. The first kappa shape index (κ1) is 21.2. The van der Waals surface area contributed by atoms with Crippen LogP contribution in [-0.4, -0.2) is 38.1 Å². The van der Waals surface area contributed by atoms with Gasteiger partial charge < -0.3 is 19.7 Å². The molecule has 4 rings (SSSR count). The Morgan fingerprint density at radius 1 is 1.10 bits per heavy atom. The van der Waals surface area contributed by atoms with Gasteiger partial charge >= 0.3 is 0 Å². The van der Waals surface area contributed by atoms with Crippen LogP contribution in [0.3, 0.4) is 0 Å². The van der Waals surface area contributed by atoms with Crippen LogP contribution in [0.2, 0.25) is 0 Å². The van der Waals surface area contributed by atoms with E-state index in [1.165, 1.54) is 16.3 Å². The Bertz CT molecular complexity index is 1060. The number of amides is 1. The second-order valence-electron chi connectivity index (χ2n) is 8.02. The molecule has 1 aliphatic rings. The molecular weight excluding hydrogens is 388 g/mol. The molecule has 2 unspecified atom stereocenters. The zero-order valence-electron chi connectivity index (χ0n) is 18.4. The molecule has 3 aromatic carbocycles. The van der Waals surface area contributed by atoms with Gasteiger partial charge in [0.2, 0.25) is 5.91 Å². The average molecular weight is 419 g/mol. The molecular formula is C26H30N2O3. The first-order valence-electron chi connectivity index (χ1n) is 10.8. The fraction of sp³-hybridized carbons (Fsp3) is 0.346. The molecule has 1 amide bonds. The van der Waals surface area contributed by atoms with Crippen molar-refractivity contribution in [3.63, 3.8) is 0 Å². The van der Waals surface area contributed by atoms with Crippen LogP contribution in [0.25, 0.3) is 10.8 Å². The molecule has 1 aliphatic heterocycles. The van der Waals surface area contributed by atoms with E-state index in [9.17, 15) is 4.79 Å². The molecule has 1 N–H and O–H groups in total. The largest absolute Gasteiger partial charge is 0.497 e. The highest BCUT2D eigenvalue weighted by Crippen LogP contribution is 2.39. The van der Waals surface area contributed by atoms with Gasteiger partial charge in [-0.1, -0.05) is 42.5 Å². The molecule has 31 heavy (non-hydrogen) atoms. The van der Waals surface area contributed by atoms with Gasteiger partial charge in [0.15, 0.2) is 0 Å². The summed E-state index contributed by atoms with van der Waals surface area (Å²) in [5.41, 5.74) is 2.22. The van der Waals surface area contributed by atoms with Crippen molar-refractivity contribution in [1.29, 1.82) is 0 Å². The molecule has 0 aliphatic carbocycles. The lowest BCUT2D eigenvalue weighted by atomic mass is 9.99. The monoisotopic (exact) mass is 418 g/mol. The van der Waals surface area contributed by atoms with E-state index in [0.717, 1.165) is 36.4 Å². The number of carbonyl (C=O) groups is 1. The molecule has 5 heteroatoms. The van der Waals surface area contributed by atoms with E-state index in [2.05, 4.69) is 48.6 Å². The number of nitrogens with one attached hydrogen (secondary N) is 1. The first-order chi connectivity index (χ1) is 15.1. The van der Waals surface area contributed by atoms with E-state index >= 15 is 0 Å². The quantitative estimate of drug-likeness (QED) is 0.595. The molecule has 0 radical (unpaired) electrons. The van der Waals surface area contributed by atoms with Crippen molar-refractivity contribution in [3.05, 3.63) is 71.8 Å². The minimum absolute atomic E-state index is 0.00668. The summed E-state index contributed by atoms with van der Waals surface area (Å²) in [6, 6.07) is 20.5. The number of carbonyl (C=O) groups excluding carboxylic acids is 1. The number of benzene rings is 3. The minimum atomic E-state index is 0.00668. The van der Waals surface area contributed by atoms with Crippen LogP contribution >= 0.6 is 0 Å². The summed E-state index contributed by atoms with van der Waals surface area (Å²) < 4.78 is 11.0. The summed E-state index contributed by atoms with van der Waals surface area (Å²) >= 11 is 0. The van der Waals surface area contributed by atoms with Crippen LogP contribution in [0.5, 0.6) is 11.5 Å². The van der Waals surface area contributed by atoms with Crippen molar-refractivity contribution < 1.29 is 14.3 Å². The van der Waals surface area contributed by atoms with Crippen molar-refractivity contribution >= 4 is 16.7 Å². The Balaban J connectivity index is 1.48. The highest BCUT2D eigenvalue weighted by molar-refractivity contribution is 5.86. The van der Waals surface area contributed by atoms with Crippen LogP contribution in [0.1, 0.15) is 43.0 Å². The molecule has 2 atom stereocenters. The Morgan fingerprint density at radius 2 is 1.90 bits per heavy atom. The number of hydrogen-bond acceptors (Lipinski definition) is 4. The number of methoxy groups -OCH3 is 2. The number of ether oxygens (including phenoxy) is 2. The Morgan fingerprint density at radius 3 is 2.71 bits per heavy atom. The third-order valence-corrected chi connectivity index (χ3v) is 6.22. The highest BCUT2D eigenvalue weighted by Gasteiger charge is 2.32. The molecule has 3 aromatic rings. The van der Waals surface area contributed by atoms with Crippen molar-refractivity contribution in [2.45, 2.75) is 31.8 Å². The standard InChI is InChI=1S/C26H30N2O3/c1-18(21-11-6-9-19-8-4-5-10-22(19)21)27-17-26(29)28-15-7-12-24(28)23-16-20(30-2)13-14-25(23)31-3/h4-6,8-11,13-14,16,18,24,27H,7,12,15,17H2,1-3H3. The maximum Gasteiger partial charge on any atom is 0.237 e. The Labute approximate surface area is 184 Å². The number of rotatable bonds is 7. The van der Waals surface area contributed by atoms with Crippen LogP contribution in [0.15, 0.2) is 60.7 Å². The predicted molar refractivity (Wildman–Crippen MR) is 124 cm³/mol. The lowest BCUT2D eigenvalue weighted by Crippen LogP contribution is -2.38. The lowest BCUT2D eigenvalue weighted by Gasteiger charge is -2.27. The molecule has 1 fully saturated rings. The van der Waals surface area contributed by atoms with E-state index in [4.69, 9.17) is 9.47 Å². The van der Waals surface area contributed by atoms with Crippen LogP contribution < -0.4 is 14.8 Å². The second-order valence-corrected chi connectivity index (χ2v) is 8.02. The smallest absolute Gasteiger partial charge is 0.237 e. The third-order valence-electron chi connectivity index (χ3n) is 6.22. The minimum Gasteiger partial charge on any atom is -0.497 e. The van der Waals surface area contributed by atoms with Gasteiger partial charge in [-0.25, -0.2) is 0 Å². The van der Waals surface area contributed by atoms with Gasteiger partial charge in [-0.2, -0.15) is 0 Å². The lowest BCUT2D eigenvalue weighted by molar-refractivity contribution is -0.131. The van der Waals surface area contributed by atoms with E-state index in [1.807, 2.05) is 29.2 Å². The Hall–Kier alpha value is -3.05. The summed E-state index contributed by atoms with van der Waals surface area (Å²) in [6.45, 7) is 3.17. The molecule has 0 bridgehead atoms. The molecule has 162 valence electrons. The SMILES string of the molecule is COc1ccc(OC)c(C2CCCN2C(=O)CNC(C)c2cccc3ccccc23)c1. The zero-order chi connectivity index (χ0) is 21.8. The van der Waals surface area contributed by atoms with Crippen molar-refractivity contribution in [2.75, 3.05) is 27.3 Å². The van der Waals surface area contributed by atoms with Crippen molar-refractivity contribution in [3.8, 4) is 11.5 Å². The Kier molecular flexibility index (Phi) is 6.42. The molecule has 0 aromatic heterocycles. The molecule has 1 saturated heterocycles. The number of nitrogens with zero attached hydrogens (tertiary/aromatic N) is 1. The van der Waals surface area contributed by atoms with Crippen molar-refractivity contribution in [2.24, 2.45) is 0 Å². The summed E-state index contributed by atoms with van der Waals surface area (Å²) in [7, 11) is 3.32. The van der Waals surface area contributed by atoms with Crippen LogP contribution in [-0.2, 0) is 4.79 Å². The van der Waals surface area contributed by atoms with Crippen molar-refractivity contribution in [1.82, 2.24) is 10.2 Å². The fourth-order valence-corrected chi connectivity index (χ4v) is 4.57. The summed E-state index contributed by atoms with van der Waals surface area (Å²) in [4.78, 5) is 15.1. The summed E-state index contributed by atoms with van der Waals surface area (Å²) in [6.07, 6.45) is 1.91. The molecule has 1 heterocycles. The number of likely N-dealkylation sites (tertiary alicyclic amines) is 1. The zero-order valence-corrected chi connectivity index (χ0v) is 18.4. The van der Waals surface area contributed by atoms with E-state index in [1.54, 1.807) is 14.2 Å². The van der Waals surface area contributed by atoms with Gasteiger partial charge in [-0.15, -0.1) is 0 Å². The van der Waals surface area contributed by atoms with Gasteiger partial charge in [-0.3, -0.25) is 4.79 Å². The third kappa shape index (κ3) is 4.37. The second kappa shape index (κ2) is 9.40. The van der Waals surface area contributed by atoms with E-state index in [0.29, 0.717) is 6.54 Å². The van der Waals surface area contributed by atoms with Gasteiger partial charge in [0.05, 0.1) is 26.8 Å². The van der Waals surface area contributed by atoms with Gasteiger partial charge in [0.1, 0.15) is 11.5 Å². The predicted octanol–water partition coefficient (Wildman–Crippen LogP) is 4.87. The number of fused-ring (bicyclic) bond motifs is 1. The normalized spacial score (nSPS) is 17.0. The maximum absolute atomic E-state index is 13.2. The van der Waals surface area contributed by atoms with E-state index in [-0.39, 0.29) is 18.0 Å².